The molecule has 0 aliphatic carbocycles. The highest BCUT2D eigenvalue weighted by molar-refractivity contribution is 5.88. The monoisotopic (exact) mass is 425 g/mol. The zero-order valence-electron chi connectivity index (χ0n) is 18.2. The Kier molecular flexibility index (Phi) is 6.67. The zero-order valence-corrected chi connectivity index (χ0v) is 18.2. The lowest BCUT2D eigenvalue weighted by molar-refractivity contribution is 0.117. The molecule has 0 spiro atoms. The molecule has 1 aromatic carbocycles. The SMILES string of the molecule is Cc1cc(-c2cncc(NC(=O)N[C@H]3CCCNC3)n2)ccc1OC[C@]1(C)CCOC1. The summed E-state index contributed by atoms with van der Waals surface area (Å²) in [5, 5.41) is 9.05. The minimum atomic E-state index is -0.260. The largest absolute Gasteiger partial charge is 0.493 e. The number of carbonyl (C=O) groups excluding carboxylic acids is 1. The van der Waals surface area contributed by atoms with Gasteiger partial charge in [-0.3, -0.25) is 10.3 Å². The van der Waals surface area contributed by atoms with E-state index in [2.05, 4.69) is 32.8 Å². The molecule has 1 aromatic heterocycles. The molecular weight excluding hydrogens is 394 g/mol. The van der Waals surface area contributed by atoms with E-state index in [0.717, 1.165) is 62.4 Å². The number of benzene rings is 1. The molecule has 0 saturated carbocycles. The van der Waals surface area contributed by atoms with Crippen molar-refractivity contribution in [3.05, 3.63) is 36.2 Å². The molecule has 3 N–H and O–H groups in total. The van der Waals surface area contributed by atoms with Crippen molar-refractivity contribution in [2.75, 3.05) is 38.2 Å². The standard InChI is InChI=1S/C23H31N5O3/c1-16-10-17(5-6-20(16)31-15-23(2)7-9-30-14-23)19-12-25-13-21(27-19)28-22(29)26-18-4-3-8-24-11-18/h5-6,10,12-13,18,24H,3-4,7-9,11,14-15H2,1-2H3,(H2,26,27,28,29)/t18-,23+/m0/s1. The topological polar surface area (TPSA) is 97.4 Å². The van der Waals surface area contributed by atoms with Gasteiger partial charge in [-0.15, -0.1) is 0 Å². The highest BCUT2D eigenvalue weighted by Crippen LogP contribution is 2.31. The van der Waals surface area contributed by atoms with E-state index in [9.17, 15) is 4.79 Å². The molecule has 4 rings (SSSR count). The number of amides is 2. The second-order valence-electron chi connectivity index (χ2n) is 8.81. The first kappa shape index (κ1) is 21.5. The summed E-state index contributed by atoms with van der Waals surface area (Å²) in [5.41, 5.74) is 2.73. The van der Waals surface area contributed by atoms with Crippen molar-refractivity contribution >= 4 is 11.8 Å². The van der Waals surface area contributed by atoms with E-state index in [-0.39, 0.29) is 17.5 Å². The van der Waals surface area contributed by atoms with Crippen molar-refractivity contribution in [1.82, 2.24) is 20.6 Å². The van der Waals surface area contributed by atoms with Gasteiger partial charge in [0.2, 0.25) is 0 Å². The van der Waals surface area contributed by atoms with Gasteiger partial charge in [0.1, 0.15) is 5.75 Å². The van der Waals surface area contributed by atoms with Crippen LogP contribution < -0.4 is 20.7 Å². The fourth-order valence-corrected chi connectivity index (χ4v) is 3.92. The highest BCUT2D eigenvalue weighted by Gasteiger charge is 2.30. The van der Waals surface area contributed by atoms with Crippen molar-refractivity contribution in [2.24, 2.45) is 5.41 Å². The molecule has 2 atom stereocenters. The van der Waals surface area contributed by atoms with E-state index in [1.165, 1.54) is 0 Å². The maximum Gasteiger partial charge on any atom is 0.320 e. The van der Waals surface area contributed by atoms with Crippen LogP contribution in [0.1, 0.15) is 31.7 Å². The lowest BCUT2D eigenvalue weighted by Crippen LogP contribution is -2.47. The summed E-state index contributed by atoms with van der Waals surface area (Å²) in [6.07, 6.45) is 6.31. The second kappa shape index (κ2) is 9.62. The number of anilines is 1. The van der Waals surface area contributed by atoms with Crippen LogP contribution in [0.15, 0.2) is 30.6 Å². The van der Waals surface area contributed by atoms with Crippen LogP contribution in [0.5, 0.6) is 5.75 Å². The molecule has 2 aromatic rings. The Hall–Kier alpha value is -2.71. The number of carbonyl (C=O) groups is 1. The normalized spacial score (nSPS) is 23.4. The number of aryl methyl sites for hydroxylation is 1. The first-order chi connectivity index (χ1) is 15.0. The van der Waals surface area contributed by atoms with Crippen molar-refractivity contribution in [2.45, 2.75) is 39.2 Å². The van der Waals surface area contributed by atoms with Gasteiger partial charge in [0.25, 0.3) is 0 Å². The summed E-state index contributed by atoms with van der Waals surface area (Å²) < 4.78 is 11.6. The Morgan fingerprint density at radius 2 is 2.29 bits per heavy atom. The molecule has 8 heteroatoms. The van der Waals surface area contributed by atoms with Crippen LogP contribution in [-0.2, 0) is 4.74 Å². The van der Waals surface area contributed by atoms with Crippen molar-refractivity contribution in [1.29, 1.82) is 0 Å². The lowest BCUT2D eigenvalue weighted by Gasteiger charge is -2.23. The highest BCUT2D eigenvalue weighted by atomic mass is 16.5. The minimum Gasteiger partial charge on any atom is -0.493 e. The van der Waals surface area contributed by atoms with Crippen LogP contribution in [-0.4, -0.2) is 55.0 Å². The number of rotatable bonds is 6. The van der Waals surface area contributed by atoms with E-state index in [0.29, 0.717) is 18.1 Å². The third kappa shape index (κ3) is 5.71. The molecule has 2 fully saturated rings. The van der Waals surface area contributed by atoms with Crippen molar-refractivity contribution in [3.63, 3.8) is 0 Å². The molecule has 166 valence electrons. The second-order valence-corrected chi connectivity index (χ2v) is 8.81. The first-order valence-corrected chi connectivity index (χ1v) is 10.9. The maximum absolute atomic E-state index is 12.3. The quantitative estimate of drug-likeness (QED) is 0.658. The van der Waals surface area contributed by atoms with Crippen LogP contribution in [0, 0.1) is 12.3 Å². The van der Waals surface area contributed by atoms with Gasteiger partial charge in [-0.1, -0.05) is 6.92 Å². The third-order valence-electron chi connectivity index (χ3n) is 5.86. The Balaban J connectivity index is 1.38. The average Bonchev–Trinajstić information content (AvgIpc) is 3.20. The van der Waals surface area contributed by atoms with Gasteiger partial charge in [0.15, 0.2) is 5.82 Å². The Bertz CT molecular complexity index is 908. The molecule has 2 aliphatic heterocycles. The zero-order chi connectivity index (χ0) is 21.7. The average molecular weight is 426 g/mol. The van der Waals surface area contributed by atoms with Crippen molar-refractivity contribution < 1.29 is 14.3 Å². The van der Waals surface area contributed by atoms with E-state index in [4.69, 9.17) is 9.47 Å². The number of hydrogen-bond acceptors (Lipinski definition) is 6. The van der Waals surface area contributed by atoms with Crippen LogP contribution in [0.4, 0.5) is 10.6 Å². The van der Waals surface area contributed by atoms with Crippen molar-refractivity contribution in [3.8, 4) is 17.0 Å². The predicted molar refractivity (Wildman–Crippen MR) is 119 cm³/mol. The number of nitrogens with one attached hydrogen (secondary N) is 3. The van der Waals surface area contributed by atoms with E-state index in [1.54, 1.807) is 12.4 Å². The number of aromatic nitrogens is 2. The summed E-state index contributed by atoms with van der Waals surface area (Å²) in [5.74, 6) is 1.28. The lowest BCUT2D eigenvalue weighted by atomic mass is 9.91. The van der Waals surface area contributed by atoms with Crippen LogP contribution in [0.25, 0.3) is 11.3 Å². The fourth-order valence-electron chi connectivity index (χ4n) is 3.92. The van der Waals surface area contributed by atoms with Crippen LogP contribution in [0.2, 0.25) is 0 Å². The number of piperidine rings is 1. The Labute approximate surface area is 183 Å². The number of nitrogens with zero attached hydrogens (tertiary/aromatic N) is 2. The maximum atomic E-state index is 12.3. The molecule has 3 heterocycles. The predicted octanol–water partition coefficient (Wildman–Crippen LogP) is 3.13. The number of ether oxygens (including phenoxy) is 2. The van der Waals surface area contributed by atoms with Gasteiger partial charge in [0, 0.05) is 30.2 Å². The first-order valence-electron chi connectivity index (χ1n) is 10.9. The van der Waals surface area contributed by atoms with Gasteiger partial charge in [-0.2, -0.15) is 0 Å². The number of hydrogen-bond donors (Lipinski definition) is 3. The molecule has 0 unspecified atom stereocenters. The molecule has 0 radical (unpaired) electrons. The summed E-state index contributed by atoms with van der Waals surface area (Å²) in [6, 6.07) is 5.85. The molecule has 2 aliphatic rings. The summed E-state index contributed by atoms with van der Waals surface area (Å²) in [4.78, 5) is 21.1. The smallest absolute Gasteiger partial charge is 0.320 e. The van der Waals surface area contributed by atoms with Crippen LogP contribution >= 0.6 is 0 Å². The molecular formula is C23H31N5O3. The fraction of sp³-hybridized carbons (Fsp3) is 0.522. The van der Waals surface area contributed by atoms with Gasteiger partial charge in [0.05, 0.1) is 31.3 Å². The van der Waals surface area contributed by atoms with Gasteiger partial charge in [-0.05, 0) is 56.5 Å². The molecule has 0 bridgehead atoms. The summed E-state index contributed by atoms with van der Waals surface area (Å²) in [6.45, 7) is 8.19. The van der Waals surface area contributed by atoms with Gasteiger partial charge < -0.3 is 20.1 Å². The minimum absolute atomic E-state index is 0.0743. The summed E-state index contributed by atoms with van der Waals surface area (Å²) in [7, 11) is 0. The third-order valence-corrected chi connectivity index (χ3v) is 5.86. The van der Waals surface area contributed by atoms with E-state index in [1.807, 2.05) is 25.1 Å². The Morgan fingerprint density at radius 3 is 3.03 bits per heavy atom. The Morgan fingerprint density at radius 1 is 1.39 bits per heavy atom. The van der Waals surface area contributed by atoms with Gasteiger partial charge >= 0.3 is 6.03 Å². The summed E-state index contributed by atoms with van der Waals surface area (Å²) >= 11 is 0. The molecule has 31 heavy (non-hydrogen) atoms. The van der Waals surface area contributed by atoms with Crippen LogP contribution in [0.3, 0.4) is 0 Å². The van der Waals surface area contributed by atoms with E-state index >= 15 is 0 Å². The van der Waals surface area contributed by atoms with E-state index < -0.39 is 0 Å². The molecule has 8 nitrogen and oxygen atoms in total. The molecule has 2 saturated heterocycles. The van der Waals surface area contributed by atoms with Gasteiger partial charge in [-0.25, -0.2) is 9.78 Å². The number of urea groups is 1. The molecule has 2 amide bonds.